The van der Waals surface area contributed by atoms with Crippen LogP contribution in [0.1, 0.15) is 15.9 Å². The predicted molar refractivity (Wildman–Crippen MR) is 70.2 cm³/mol. The number of para-hydroxylation sites is 1. The number of carboxylic acid groups (broad SMARTS) is 1. The molecule has 0 saturated carbocycles. The van der Waals surface area contributed by atoms with Gasteiger partial charge in [0.1, 0.15) is 5.56 Å². The van der Waals surface area contributed by atoms with Crippen LogP contribution in [0.15, 0.2) is 35.5 Å². The molecule has 0 fully saturated rings. The van der Waals surface area contributed by atoms with E-state index in [-0.39, 0.29) is 10.6 Å². The standard InChI is InChI=1S/C12H11N3O4S/c16-12(17)9-7-13-14-11(9)20(18,19)15-6-5-8-3-1-2-4-10(8)15/h1-4,7H,5-6H2,(H,13,14)(H,16,17). The molecule has 0 radical (unpaired) electrons. The average Bonchev–Trinajstić information content (AvgIpc) is 3.06. The van der Waals surface area contributed by atoms with E-state index in [9.17, 15) is 13.2 Å². The molecule has 2 N–H and O–H groups in total. The number of fused-ring (bicyclic) bond motifs is 1. The lowest BCUT2D eigenvalue weighted by molar-refractivity contribution is 0.0692. The van der Waals surface area contributed by atoms with Gasteiger partial charge in [0.15, 0.2) is 5.03 Å². The Kier molecular flexibility index (Phi) is 2.75. The summed E-state index contributed by atoms with van der Waals surface area (Å²) < 4.78 is 26.4. The first-order valence-corrected chi connectivity index (χ1v) is 7.33. The summed E-state index contributed by atoms with van der Waals surface area (Å²) in [7, 11) is -3.95. The number of aromatic nitrogens is 2. The van der Waals surface area contributed by atoms with Gasteiger partial charge in [-0.15, -0.1) is 0 Å². The van der Waals surface area contributed by atoms with Crippen molar-refractivity contribution in [2.75, 3.05) is 10.8 Å². The largest absolute Gasteiger partial charge is 0.478 e. The van der Waals surface area contributed by atoms with Gasteiger partial charge in [0.2, 0.25) is 0 Å². The van der Waals surface area contributed by atoms with Gasteiger partial charge in [0.05, 0.1) is 11.9 Å². The minimum atomic E-state index is -3.95. The van der Waals surface area contributed by atoms with E-state index >= 15 is 0 Å². The van der Waals surface area contributed by atoms with Crippen molar-refractivity contribution in [2.45, 2.75) is 11.4 Å². The lowest BCUT2D eigenvalue weighted by Crippen LogP contribution is -2.30. The maximum absolute atomic E-state index is 12.6. The Balaban J connectivity index is 2.11. The van der Waals surface area contributed by atoms with E-state index in [0.29, 0.717) is 18.7 Å². The topological polar surface area (TPSA) is 103 Å². The van der Waals surface area contributed by atoms with E-state index in [2.05, 4.69) is 10.2 Å². The number of nitrogens with zero attached hydrogens (tertiary/aromatic N) is 2. The number of anilines is 1. The van der Waals surface area contributed by atoms with E-state index in [1.54, 1.807) is 12.1 Å². The van der Waals surface area contributed by atoms with Crippen molar-refractivity contribution >= 4 is 21.7 Å². The normalized spacial score (nSPS) is 14.3. The van der Waals surface area contributed by atoms with Crippen LogP contribution in [0.5, 0.6) is 0 Å². The molecule has 8 heteroatoms. The van der Waals surface area contributed by atoms with Crippen LogP contribution in [0.4, 0.5) is 5.69 Å². The monoisotopic (exact) mass is 293 g/mol. The molecule has 0 atom stereocenters. The minimum absolute atomic E-state index is 0.291. The first kappa shape index (κ1) is 12.7. The molecular weight excluding hydrogens is 282 g/mol. The first-order chi connectivity index (χ1) is 9.51. The third-order valence-electron chi connectivity index (χ3n) is 3.23. The Hall–Kier alpha value is -2.35. The summed E-state index contributed by atoms with van der Waals surface area (Å²) >= 11 is 0. The fourth-order valence-electron chi connectivity index (χ4n) is 2.29. The fraction of sp³-hybridized carbons (Fsp3) is 0.167. The SMILES string of the molecule is O=C(O)c1cn[nH]c1S(=O)(=O)N1CCc2ccccc21. The van der Waals surface area contributed by atoms with Crippen molar-refractivity contribution in [3.63, 3.8) is 0 Å². The van der Waals surface area contributed by atoms with Gasteiger partial charge in [-0.05, 0) is 18.1 Å². The first-order valence-electron chi connectivity index (χ1n) is 5.89. The molecule has 0 amide bonds. The van der Waals surface area contributed by atoms with Gasteiger partial charge in [-0.25, -0.2) is 4.79 Å². The van der Waals surface area contributed by atoms with E-state index in [4.69, 9.17) is 5.11 Å². The van der Waals surface area contributed by atoms with Crippen molar-refractivity contribution in [2.24, 2.45) is 0 Å². The van der Waals surface area contributed by atoms with Crippen LogP contribution in [0.25, 0.3) is 0 Å². The molecule has 0 unspecified atom stereocenters. The molecule has 20 heavy (non-hydrogen) atoms. The van der Waals surface area contributed by atoms with Gasteiger partial charge in [-0.3, -0.25) is 9.40 Å². The number of carboxylic acids is 1. The molecule has 1 aromatic carbocycles. The third-order valence-corrected chi connectivity index (χ3v) is 5.01. The highest BCUT2D eigenvalue weighted by Gasteiger charge is 2.34. The molecule has 7 nitrogen and oxygen atoms in total. The average molecular weight is 293 g/mol. The van der Waals surface area contributed by atoms with Crippen LogP contribution < -0.4 is 4.31 Å². The molecule has 2 aromatic rings. The summed E-state index contributed by atoms with van der Waals surface area (Å²) in [4.78, 5) is 11.0. The summed E-state index contributed by atoms with van der Waals surface area (Å²) in [5.74, 6) is -1.33. The number of aromatic carboxylic acids is 1. The second-order valence-electron chi connectivity index (χ2n) is 4.37. The smallest absolute Gasteiger partial charge is 0.340 e. The van der Waals surface area contributed by atoms with Crippen molar-refractivity contribution in [3.8, 4) is 0 Å². The molecule has 0 spiro atoms. The van der Waals surface area contributed by atoms with E-state index in [1.165, 1.54) is 4.31 Å². The van der Waals surface area contributed by atoms with Gasteiger partial charge < -0.3 is 5.11 Å². The highest BCUT2D eigenvalue weighted by atomic mass is 32.2. The van der Waals surface area contributed by atoms with Gasteiger partial charge in [-0.1, -0.05) is 18.2 Å². The number of hydrogen-bond donors (Lipinski definition) is 2. The number of sulfonamides is 1. The highest BCUT2D eigenvalue weighted by molar-refractivity contribution is 7.92. The second kappa shape index (κ2) is 4.34. The maximum atomic E-state index is 12.6. The van der Waals surface area contributed by atoms with Crippen LogP contribution >= 0.6 is 0 Å². The van der Waals surface area contributed by atoms with E-state index < -0.39 is 16.0 Å². The molecular formula is C12H11N3O4S. The number of benzene rings is 1. The third kappa shape index (κ3) is 1.76. The molecule has 3 rings (SSSR count). The van der Waals surface area contributed by atoms with Gasteiger partial charge >= 0.3 is 5.97 Å². The number of carbonyl (C=O) groups is 1. The zero-order valence-electron chi connectivity index (χ0n) is 10.3. The lowest BCUT2D eigenvalue weighted by Gasteiger charge is -2.18. The molecule has 0 bridgehead atoms. The van der Waals surface area contributed by atoms with Crippen LogP contribution in [0, 0.1) is 0 Å². The zero-order valence-corrected chi connectivity index (χ0v) is 11.1. The molecule has 1 aliphatic heterocycles. The molecule has 104 valence electrons. The summed E-state index contributed by atoms with van der Waals surface area (Å²) in [6.07, 6.45) is 1.60. The minimum Gasteiger partial charge on any atom is -0.478 e. The predicted octanol–water partition coefficient (Wildman–Crippen LogP) is 0.859. The van der Waals surface area contributed by atoms with Crippen LogP contribution in [-0.4, -0.2) is 36.2 Å². The van der Waals surface area contributed by atoms with Crippen LogP contribution in [0.2, 0.25) is 0 Å². The molecule has 2 heterocycles. The quantitative estimate of drug-likeness (QED) is 0.873. The summed E-state index contributed by atoms with van der Waals surface area (Å²) in [6, 6.07) is 7.15. The second-order valence-corrected chi connectivity index (χ2v) is 6.17. The summed E-state index contributed by atoms with van der Waals surface area (Å²) in [5, 5.41) is 14.4. The van der Waals surface area contributed by atoms with Crippen molar-refractivity contribution in [3.05, 3.63) is 41.6 Å². The Morgan fingerprint density at radius 3 is 2.85 bits per heavy atom. The summed E-state index contributed by atoms with van der Waals surface area (Å²) in [5.41, 5.74) is 1.15. The number of nitrogens with one attached hydrogen (secondary N) is 1. The summed E-state index contributed by atoms with van der Waals surface area (Å²) in [6.45, 7) is 0.291. The Morgan fingerprint density at radius 2 is 2.10 bits per heavy atom. The van der Waals surface area contributed by atoms with Gasteiger partial charge in [-0.2, -0.15) is 13.5 Å². The van der Waals surface area contributed by atoms with Crippen molar-refractivity contribution in [1.29, 1.82) is 0 Å². The molecule has 1 aromatic heterocycles. The van der Waals surface area contributed by atoms with Gasteiger partial charge in [0.25, 0.3) is 10.0 Å². The number of aromatic amines is 1. The van der Waals surface area contributed by atoms with E-state index in [1.807, 2.05) is 12.1 Å². The number of H-pyrrole nitrogens is 1. The lowest BCUT2D eigenvalue weighted by atomic mass is 10.2. The van der Waals surface area contributed by atoms with Crippen LogP contribution in [-0.2, 0) is 16.4 Å². The van der Waals surface area contributed by atoms with Gasteiger partial charge in [0, 0.05) is 6.54 Å². The highest BCUT2D eigenvalue weighted by Crippen LogP contribution is 2.32. The molecule has 0 aliphatic carbocycles. The number of hydrogen-bond acceptors (Lipinski definition) is 4. The van der Waals surface area contributed by atoms with Crippen LogP contribution in [0.3, 0.4) is 0 Å². The molecule has 0 saturated heterocycles. The number of rotatable bonds is 3. The maximum Gasteiger partial charge on any atom is 0.340 e. The van der Waals surface area contributed by atoms with Crippen molar-refractivity contribution in [1.82, 2.24) is 10.2 Å². The zero-order chi connectivity index (χ0) is 14.3. The Labute approximate surface area is 114 Å². The molecule has 1 aliphatic rings. The van der Waals surface area contributed by atoms with E-state index in [0.717, 1.165) is 11.8 Å². The Bertz CT molecular complexity index is 782. The fourth-order valence-corrected chi connectivity index (χ4v) is 3.87. The van der Waals surface area contributed by atoms with Crippen molar-refractivity contribution < 1.29 is 18.3 Å². The Morgan fingerprint density at radius 1 is 1.35 bits per heavy atom.